The third-order valence-electron chi connectivity index (χ3n) is 8.54. The van der Waals surface area contributed by atoms with Crippen LogP contribution < -0.4 is 10.6 Å². The molecule has 2 N–H and O–H groups in total. The molecule has 222 valence electrons. The van der Waals surface area contributed by atoms with Gasteiger partial charge in [-0.25, -0.2) is 0 Å². The number of piperidine rings is 2. The number of nitrogens with one attached hydrogen (secondary N) is 2. The Kier molecular flexibility index (Phi) is 8.54. The van der Waals surface area contributed by atoms with Crippen molar-refractivity contribution in [1.29, 1.82) is 5.26 Å². The van der Waals surface area contributed by atoms with Gasteiger partial charge in [-0.05, 0) is 80.7 Å². The van der Waals surface area contributed by atoms with E-state index in [0.717, 1.165) is 70.3 Å². The van der Waals surface area contributed by atoms with Crippen LogP contribution in [0.5, 0.6) is 0 Å². The predicted molar refractivity (Wildman–Crippen MR) is 163 cm³/mol. The molecule has 4 aromatic rings. The first-order valence-electron chi connectivity index (χ1n) is 15.0. The first kappa shape index (κ1) is 28.6. The maximum Gasteiger partial charge on any atom is 0.287 e. The molecule has 0 saturated carbocycles. The molecule has 2 amide bonds. The minimum absolute atomic E-state index is 0.0259. The lowest BCUT2D eigenvalue weighted by Crippen LogP contribution is -2.44. The smallest absolute Gasteiger partial charge is 0.287 e. The third kappa shape index (κ3) is 7.13. The molecule has 0 spiro atoms. The Morgan fingerprint density at radius 2 is 1.65 bits per heavy atom. The molecular formula is C33H37N7O3. The summed E-state index contributed by atoms with van der Waals surface area (Å²) in [6.45, 7) is 5.22. The molecule has 6 rings (SSSR count). The van der Waals surface area contributed by atoms with E-state index in [9.17, 15) is 9.59 Å². The topological polar surface area (TPSA) is 119 Å². The van der Waals surface area contributed by atoms with Crippen molar-refractivity contribution in [1.82, 2.24) is 24.9 Å². The van der Waals surface area contributed by atoms with Crippen molar-refractivity contribution in [2.24, 2.45) is 13.0 Å². The largest absolute Gasteiger partial charge is 0.451 e. The Balaban J connectivity index is 0.971. The number of hydrogen-bond acceptors (Lipinski definition) is 7. The van der Waals surface area contributed by atoms with Crippen LogP contribution in [0.15, 0.2) is 65.3 Å². The second-order valence-electron chi connectivity index (χ2n) is 11.8. The Bertz CT molecular complexity index is 1620. The van der Waals surface area contributed by atoms with Gasteiger partial charge < -0.3 is 15.1 Å². The van der Waals surface area contributed by atoms with Gasteiger partial charge in [-0.15, -0.1) is 0 Å². The van der Waals surface area contributed by atoms with E-state index >= 15 is 0 Å². The van der Waals surface area contributed by atoms with Gasteiger partial charge in [0, 0.05) is 68.0 Å². The van der Waals surface area contributed by atoms with E-state index in [1.165, 1.54) is 11.1 Å². The highest BCUT2D eigenvalue weighted by molar-refractivity contribution is 5.98. The summed E-state index contributed by atoms with van der Waals surface area (Å²) in [5.74, 6) is 0.0688. The van der Waals surface area contributed by atoms with Crippen LogP contribution in [0.1, 0.15) is 52.9 Å². The molecule has 2 saturated heterocycles. The standard InChI is InChI=1S/C33H37N7O3/c1-38-20-25(19-35-38)22-39-12-8-26(9-13-39)32(41)37-29-6-7-30-27(16-29)17-31(43-30)33(42)36-28-10-14-40(15-11-28)21-24-4-2-23(18-34)3-5-24/h2-7,16-17,19-20,26,28H,8-15,21-22H2,1H3,(H,36,42)(H,37,41). The quantitative estimate of drug-likeness (QED) is 0.320. The van der Waals surface area contributed by atoms with Crippen LogP contribution in [-0.2, 0) is 24.9 Å². The van der Waals surface area contributed by atoms with E-state index < -0.39 is 0 Å². The summed E-state index contributed by atoms with van der Waals surface area (Å²) < 4.78 is 7.67. The minimum atomic E-state index is -0.217. The SMILES string of the molecule is Cn1cc(CN2CCC(C(=O)Nc3ccc4oc(C(=O)NC5CCN(Cc6ccc(C#N)cc6)CC5)cc4c3)CC2)cn1. The summed E-state index contributed by atoms with van der Waals surface area (Å²) >= 11 is 0. The van der Waals surface area contributed by atoms with Crippen LogP contribution >= 0.6 is 0 Å². The van der Waals surface area contributed by atoms with Crippen LogP contribution in [-0.4, -0.2) is 63.6 Å². The molecule has 10 nitrogen and oxygen atoms in total. The number of carbonyl (C=O) groups excluding carboxylic acids is 2. The first-order valence-corrected chi connectivity index (χ1v) is 15.0. The first-order chi connectivity index (χ1) is 20.9. The fraction of sp³-hybridized carbons (Fsp3) is 0.394. The number of nitrogens with zero attached hydrogens (tertiary/aromatic N) is 5. The number of benzene rings is 2. The van der Waals surface area contributed by atoms with Crippen molar-refractivity contribution in [3.63, 3.8) is 0 Å². The number of rotatable bonds is 8. The van der Waals surface area contributed by atoms with Gasteiger partial charge in [0.2, 0.25) is 5.91 Å². The summed E-state index contributed by atoms with van der Waals surface area (Å²) in [4.78, 5) is 30.8. The summed E-state index contributed by atoms with van der Waals surface area (Å²) in [5, 5.41) is 20.2. The normalized spacial score (nSPS) is 17.1. The van der Waals surface area contributed by atoms with Gasteiger partial charge in [0.05, 0.1) is 17.8 Å². The Morgan fingerprint density at radius 3 is 2.33 bits per heavy atom. The van der Waals surface area contributed by atoms with Crippen LogP contribution in [0.3, 0.4) is 0 Å². The molecule has 10 heteroatoms. The second kappa shape index (κ2) is 12.8. The van der Waals surface area contributed by atoms with E-state index in [1.54, 1.807) is 12.1 Å². The summed E-state index contributed by atoms with van der Waals surface area (Å²) in [7, 11) is 1.92. The van der Waals surface area contributed by atoms with Gasteiger partial charge in [-0.3, -0.25) is 24.1 Å². The predicted octanol–water partition coefficient (Wildman–Crippen LogP) is 4.28. The maximum absolute atomic E-state index is 13.0. The van der Waals surface area contributed by atoms with Gasteiger partial charge in [0.15, 0.2) is 5.76 Å². The molecule has 0 unspecified atom stereocenters. The highest BCUT2D eigenvalue weighted by Crippen LogP contribution is 2.26. The number of nitriles is 1. The van der Waals surface area contributed by atoms with E-state index in [4.69, 9.17) is 9.68 Å². The van der Waals surface area contributed by atoms with Crippen molar-refractivity contribution in [2.45, 2.75) is 44.8 Å². The zero-order valence-corrected chi connectivity index (χ0v) is 24.5. The van der Waals surface area contributed by atoms with Crippen molar-refractivity contribution in [3.8, 4) is 6.07 Å². The van der Waals surface area contributed by atoms with Crippen LogP contribution in [0.4, 0.5) is 5.69 Å². The molecule has 2 aromatic carbocycles. The molecule has 0 radical (unpaired) electrons. The van der Waals surface area contributed by atoms with E-state index in [1.807, 2.05) is 60.5 Å². The van der Waals surface area contributed by atoms with Gasteiger partial charge in [-0.2, -0.15) is 10.4 Å². The highest BCUT2D eigenvalue weighted by Gasteiger charge is 2.26. The molecule has 2 aliphatic heterocycles. The Labute approximate surface area is 251 Å². The molecule has 0 atom stereocenters. The van der Waals surface area contributed by atoms with Crippen molar-refractivity contribution in [3.05, 3.63) is 83.4 Å². The highest BCUT2D eigenvalue weighted by atomic mass is 16.3. The number of fused-ring (bicyclic) bond motifs is 1. The van der Waals surface area contributed by atoms with Crippen molar-refractivity contribution in [2.75, 3.05) is 31.5 Å². The monoisotopic (exact) mass is 579 g/mol. The third-order valence-corrected chi connectivity index (χ3v) is 8.54. The maximum atomic E-state index is 13.0. The van der Waals surface area contributed by atoms with Crippen molar-refractivity contribution < 1.29 is 14.0 Å². The molecular weight excluding hydrogens is 542 g/mol. The molecule has 0 bridgehead atoms. The molecule has 2 aliphatic rings. The Morgan fingerprint density at radius 1 is 0.953 bits per heavy atom. The fourth-order valence-electron chi connectivity index (χ4n) is 6.08. The fourth-order valence-corrected chi connectivity index (χ4v) is 6.08. The summed E-state index contributed by atoms with van der Waals surface area (Å²) in [6.07, 6.45) is 7.29. The second-order valence-corrected chi connectivity index (χ2v) is 11.8. The van der Waals surface area contributed by atoms with Gasteiger partial charge >= 0.3 is 0 Å². The number of carbonyl (C=O) groups is 2. The van der Waals surface area contributed by atoms with E-state index in [0.29, 0.717) is 16.8 Å². The lowest BCUT2D eigenvalue weighted by Gasteiger charge is -2.32. The van der Waals surface area contributed by atoms with Crippen LogP contribution in [0.2, 0.25) is 0 Å². The number of aryl methyl sites for hydroxylation is 1. The average Bonchev–Trinajstić information content (AvgIpc) is 3.64. The number of anilines is 1. The lowest BCUT2D eigenvalue weighted by molar-refractivity contribution is -0.121. The molecule has 43 heavy (non-hydrogen) atoms. The van der Waals surface area contributed by atoms with Gasteiger partial charge in [-0.1, -0.05) is 12.1 Å². The Hall–Kier alpha value is -4.46. The molecule has 4 heterocycles. The number of hydrogen-bond donors (Lipinski definition) is 2. The molecule has 0 aliphatic carbocycles. The number of aromatic nitrogens is 2. The summed E-state index contributed by atoms with van der Waals surface area (Å²) in [5.41, 5.74) is 4.36. The number of furan rings is 1. The van der Waals surface area contributed by atoms with Gasteiger partial charge in [0.1, 0.15) is 5.58 Å². The lowest BCUT2D eigenvalue weighted by atomic mass is 9.95. The van der Waals surface area contributed by atoms with E-state index in [2.05, 4.69) is 31.6 Å². The number of likely N-dealkylation sites (tertiary alicyclic amines) is 2. The van der Waals surface area contributed by atoms with E-state index in [-0.39, 0.29) is 29.5 Å². The average molecular weight is 580 g/mol. The van der Waals surface area contributed by atoms with Crippen LogP contribution in [0, 0.1) is 17.2 Å². The zero-order chi connectivity index (χ0) is 29.8. The summed E-state index contributed by atoms with van der Waals surface area (Å²) in [6, 6.07) is 17.2. The zero-order valence-electron chi connectivity index (χ0n) is 24.5. The molecule has 2 fully saturated rings. The van der Waals surface area contributed by atoms with Crippen LogP contribution in [0.25, 0.3) is 11.0 Å². The molecule has 2 aromatic heterocycles. The van der Waals surface area contributed by atoms with Crippen molar-refractivity contribution >= 4 is 28.5 Å². The van der Waals surface area contributed by atoms with Gasteiger partial charge in [0.25, 0.3) is 5.91 Å². The minimum Gasteiger partial charge on any atom is -0.451 e. The number of amides is 2.